The van der Waals surface area contributed by atoms with Crippen LogP contribution in [0.1, 0.15) is 174 Å². The van der Waals surface area contributed by atoms with Gasteiger partial charge in [0.15, 0.2) is 12.4 Å². The van der Waals surface area contributed by atoms with E-state index in [9.17, 15) is 37.9 Å². The van der Waals surface area contributed by atoms with Gasteiger partial charge < -0.3 is 34.3 Å². The molecule has 1 rings (SSSR count). The van der Waals surface area contributed by atoms with Crippen LogP contribution in [-0.2, 0) is 38.7 Å². The fraction of sp³-hybridized carbons (Fsp3) is 0.900. The van der Waals surface area contributed by atoms with Crippen molar-refractivity contribution in [2.24, 2.45) is 0 Å². The zero-order chi connectivity index (χ0) is 39.2. The van der Waals surface area contributed by atoms with Crippen molar-refractivity contribution in [1.82, 2.24) is 0 Å². The van der Waals surface area contributed by atoms with Gasteiger partial charge in [-0.25, -0.2) is 0 Å². The van der Waals surface area contributed by atoms with Crippen LogP contribution >= 0.6 is 0 Å². The molecule has 0 saturated carbocycles. The van der Waals surface area contributed by atoms with Crippen LogP contribution in [0.5, 0.6) is 0 Å². The van der Waals surface area contributed by atoms with Crippen molar-refractivity contribution in [3.05, 3.63) is 12.2 Å². The highest BCUT2D eigenvalue weighted by Crippen LogP contribution is 2.24. The number of allylic oxidation sites excluding steroid dienone is 2. The Morgan fingerprint density at radius 3 is 1.57 bits per heavy atom. The highest BCUT2D eigenvalue weighted by atomic mass is 32.2. The minimum Gasteiger partial charge on any atom is -0.462 e. The topological polar surface area (TPSA) is 186 Å². The molecule has 0 aromatic heterocycles. The Labute approximate surface area is 320 Å². The van der Waals surface area contributed by atoms with Crippen LogP contribution in [0.25, 0.3) is 0 Å². The Kier molecular flexibility index (Phi) is 29.4. The first kappa shape index (κ1) is 49.4. The average Bonchev–Trinajstić information content (AvgIpc) is 3.12. The third kappa shape index (κ3) is 26.8. The maximum atomic E-state index is 12.7. The molecule has 1 aliphatic heterocycles. The van der Waals surface area contributed by atoms with E-state index in [-0.39, 0.29) is 19.4 Å². The summed E-state index contributed by atoms with van der Waals surface area (Å²) in [5, 5.41) is 30.8. The number of esters is 2. The highest BCUT2D eigenvalue weighted by molar-refractivity contribution is 7.85. The highest BCUT2D eigenvalue weighted by Gasteiger charge is 2.46. The van der Waals surface area contributed by atoms with Crippen LogP contribution < -0.4 is 0 Å². The standard InChI is InChI=1S/C40H74O12S/c1-3-5-7-9-11-13-15-16-17-19-20-22-24-26-28-35(41)49-30-33(51-36(42)29-27-25-23-21-18-14-12-10-8-6-4-2)31-50-40-39(45)38(44)37(43)34(52-40)32-53(46,47)48/h15-16,33-34,37-40,43-45H,3-14,17-32H2,1-2H3,(H,46,47,48)/b16-15+/t33-,34-,37-,38?,39?,40+/m1/s1. The van der Waals surface area contributed by atoms with Crippen molar-refractivity contribution in [3.63, 3.8) is 0 Å². The molecule has 13 heteroatoms. The van der Waals surface area contributed by atoms with Crippen LogP contribution in [0.4, 0.5) is 0 Å². The van der Waals surface area contributed by atoms with E-state index in [4.69, 9.17) is 18.9 Å². The van der Waals surface area contributed by atoms with E-state index in [0.717, 1.165) is 57.8 Å². The SMILES string of the molecule is CCCCCCC/C=C/CCCCCCCC(=O)OC[C@H](CO[C@H]1O[C@H](CS(=O)(=O)O)[C@@H](O)C(O)C1O)OC(=O)CCCCCCCCCCCCC. The quantitative estimate of drug-likeness (QED) is 0.0219. The summed E-state index contributed by atoms with van der Waals surface area (Å²) in [5.41, 5.74) is 0. The van der Waals surface area contributed by atoms with E-state index in [2.05, 4.69) is 26.0 Å². The van der Waals surface area contributed by atoms with Gasteiger partial charge in [0.2, 0.25) is 0 Å². The van der Waals surface area contributed by atoms with Gasteiger partial charge in [-0.3, -0.25) is 14.1 Å². The first-order valence-corrected chi connectivity index (χ1v) is 22.4. The lowest BCUT2D eigenvalue weighted by Gasteiger charge is -2.40. The molecule has 53 heavy (non-hydrogen) atoms. The molecular formula is C40H74O12S. The second-order valence-corrected chi connectivity index (χ2v) is 16.2. The summed E-state index contributed by atoms with van der Waals surface area (Å²) in [6, 6.07) is 0. The molecule has 6 atom stereocenters. The number of ether oxygens (including phenoxy) is 4. The fourth-order valence-electron chi connectivity index (χ4n) is 6.32. The lowest BCUT2D eigenvalue weighted by Crippen LogP contribution is -2.60. The number of carbonyl (C=O) groups excluding carboxylic acids is 2. The van der Waals surface area contributed by atoms with Gasteiger partial charge in [0.05, 0.1) is 6.61 Å². The Hall–Kier alpha value is -1.61. The van der Waals surface area contributed by atoms with Gasteiger partial charge in [0.25, 0.3) is 10.1 Å². The largest absolute Gasteiger partial charge is 0.462 e. The minimum absolute atomic E-state index is 0.167. The molecular weight excluding hydrogens is 704 g/mol. The van der Waals surface area contributed by atoms with E-state index in [0.29, 0.717) is 12.8 Å². The molecule has 0 aliphatic carbocycles. The van der Waals surface area contributed by atoms with Gasteiger partial charge in [-0.05, 0) is 38.5 Å². The average molecular weight is 779 g/mol. The summed E-state index contributed by atoms with van der Waals surface area (Å²) in [7, 11) is -4.59. The summed E-state index contributed by atoms with van der Waals surface area (Å²) in [5.74, 6) is -1.99. The molecule has 1 saturated heterocycles. The Morgan fingerprint density at radius 2 is 1.08 bits per heavy atom. The van der Waals surface area contributed by atoms with E-state index in [1.54, 1.807) is 0 Å². The number of unbranched alkanes of at least 4 members (excludes halogenated alkanes) is 20. The molecule has 1 heterocycles. The number of aliphatic hydroxyl groups excluding tert-OH is 3. The second-order valence-electron chi connectivity index (χ2n) is 14.7. The molecule has 0 spiro atoms. The van der Waals surface area contributed by atoms with Crippen molar-refractivity contribution in [2.75, 3.05) is 19.0 Å². The Bertz CT molecular complexity index is 1050. The molecule has 0 aromatic rings. The van der Waals surface area contributed by atoms with Gasteiger partial charge in [-0.1, -0.05) is 135 Å². The Balaban J connectivity index is 2.49. The maximum absolute atomic E-state index is 12.7. The normalized spacial score (nSPS) is 21.2. The third-order valence-corrected chi connectivity index (χ3v) is 10.3. The van der Waals surface area contributed by atoms with Gasteiger partial charge >= 0.3 is 11.9 Å². The van der Waals surface area contributed by atoms with Crippen molar-refractivity contribution < 1.29 is 56.8 Å². The van der Waals surface area contributed by atoms with E-state index >= 15 is 0 Å². The maximum Gasteiger partial charge on any atom is 0.306 e. The molecule has 0 amide bonds. The molecule has 0 aromatic carbocycles. The van der Waals surface area contributed by atoms with Gasteiger partial charge in [0, 0.05) is 12.8 Å². The first-order valence-electron chi connectivity index (χ1n) is 20.7. The lowest BCUT2D eigenvalue weighted by molar-refractivity contribution is -0.297. The first-order chi connectivity index (χ1) is 25.5. The van der Waals surface area contributed by atoms with Crippen LogP contribution in [0, 0.1) is 0 Å². The predicted molar refractivity (Wildman–Crippen MR) is 206 cm³/mol. The van der Waals surface area contributed by atoms with Crippen LogP contribution in [0.2, 0.25) is 0 Å². The summed E-state index contributed by atoms with van der Waals surface area (Å²) >= 11 is 0. The number of aliphatic hydroxyl groups is 3. The summed E-state index contributed by atoms with van der Waals surface area (Å²) < 4.78 is 53.9. The number of rotatable bonds is 34. The third-order valence-electron chi connectivity index (χ3n) is 9.60. The molecule has 1 fully saturated rings. The summed E-state index contributed by atoms with van der Waals surface area (Å²) in [4.78, 5) is 25.3. The Morgan fingerprint density at radius 1 is 0.623 bits per heavy atom. The zero-order valence-electron chi connectivity index (χ0n) is 32.9. The predicted octanol–water partition coefficient (Wildman–Crippen LogP) is 7.50. The van der Waals surface area contributed by atoms with Gasteiger partial charge in [0.1, 0.15) is 36.8 Å². The number of hydrogen-bond donors (Lipinski definition) is 4. The summed E-state index contributed by atoms with van der Waals surface area (Å²) in [6.45, 7) is 3.72. The number of carbonyl (C=O) groups is 2. The van der Waals surface area contributed by atoms with E-state index < -0.39 is 71.2 Å². The summed E-state index contributed by atoms with van der Waals surface area (Å²) in [6.07, 6.45) is 21.2. The monoisotopic (exact) mass is 778 g/mol. The van der Waals surface area contributed by atoms with Gasteiger partial charge in [-0.2, -0.15) is 8.42 Å². The van der Waals surface area contributed by atoms with Crippen LogP contribution in [0.3, 0.4) is 0 Å². The van der Waals surface area contributed by atoms with Crippen LogP contribution in [-0.4, -0.2) is 96.0 Å². The van der Waals surface area contributed by atoms with Crippen molar-refractivity contribution in [1.29, 1.82) is 0 Å². The van der Waals surface area contributed by atoms with Gasteiger partial charge in [-0.15, -0.1) is 0 Å². The smallest absolute Gasteiger partial charge is 0.306 e. The molecule has 1 aliphatic rings. The van der Waals surface area contributed by atoms with Crippen LogP contribution in [0.15, 0.2) is 12.2 Å². The second kappa shape index (κ2) is 31.6. The fourth-order valence-corrected chi connectivity index (χ4v) is 7.01. The zero-order valence-corrected chi connectivity index (χ0v) is 33.7. The van der Waals surface area contributed by atoms with Crippen molar-refractivity contribution >= 4 is 22.1 Å². The molecule has 0 bridgehead atoms. The molecule has 2 unspecified atom stereocenters. The minimum atomic E-state index is -4.59. The van der Waals surface area contributed by atoms with Crippen molar-refractivity contribution in [3.8, 4) is 0 Å². The molecule has 0 radical (unpaired) electrons. The molecule has 12 nitrogen and oxygen atoms in total. The van der Waals surface area contributed by atoms with Crippen molar-refractivity contribution in [2.45, 2.75) is 211 Å². The molecule has 312 valence electrons. The van der Waals surface area contributed by atoms with E-state index in [1.165, 1.54) is 77.0 Å². The lowest BCUT2D eigenvalue weighted by atomic mass is 10.00. The number of hydrogen-bond acceptors (Lipinski definition) is 11. The molecule has 4 N–H and O–H groups in total. The van der Waals surface area contributed by atoms with E-state index in [1.807, 2.05) is 0 Å².